The molecule has 0 aromatic heterocycles. The van der Waals surface area contributed by atoms with Gasteiger partial charge in [-0.3, -0.25) is 9.59 Å². The van der Waals surface area contributed by atoms with E-state index in [-0.39, 0.29) is 0 Å². The lowest BCUT2D eigenvalue weighted by atomic mass is 10.2. The van der Waals surface area contributed by atoms with Crippen molar-refractivity contribution in [3.63, 3.8) is 0 Å². The predicted molar refractivity (Wildman–Crippen MR) is 67.9 cm³/mol. The van der Waals surface area contributed by atoms with Gasteiger partial charge in [-0.05, 0) is 11.6 Å². The monoisotopic (exact) mass is 262 g/mol. The van der Waals surface area contributed by atoms with E-state index >= 15 is 0 Å². The molecule has 19 heavy (non-hydrogen) atoms. The number of benzene rings is 1. The second kappa shape index (κ2) is 6.95. The molecule has 0 heterocycles. The maximum absolute atomic E-state index is 11.7. The summed E-state index contributed by atoms with van der Waals surface area (Å²) >= 11 is 0. The highest BCUT2D eigenvalue weighted by Gasteiger charge is 2.15. The van der Waals surface area contributed by atoms with Crippen molar-refractivity contribution in [2.75, 3.05) is 0 Å². The highest BCUT2D eigenvalue weighted by Crippen LogP contribution is 2.02. The van der Waals surface area contributed by atoms with Gasteiger partial charge in [-0.25, -0.2) is 10.2 Å². The van der Waals surface area contributed by atoms with Gasteiger partial charge in [0.1, 0.15) is 0 Å². The van der Waals surface area contributed by atoms with Crippen LogP contribution in [0.1, 0.15) is 19.4 Å². The Kier molecular flexibility index (Phi) is 5.28. The normalized spacial score (nSPS) is 10.0. The fourth-order valence-electron chi connectivity index (χ4n) is 1.19. The first-order chi connectivity index (χ1) is 8.99. The lowest BCUT2D eigenvalue weighted by Gasteiger charge is -2.17. The smallest absolute Gasteiger partial charge is 0.318 e. The molecule has 0 radical (unpaired) electrons. The average molecular weight is 262 g/mol. The quantitative estimate of drug-likeness (QED) is 0.638. The minimum absolute atomic E-state index is 0.490. The van der Waals surface area contributed by atoms with Crippen LogP contribution >= 0.6 is 0 Å². The van der Waals surface area contributed by atoms with Gasteiger partial charge in [-0.2, -0.15) is 0 Å². The van der Waals surface area contributed by atoms with Crippen molar-refractivity contribution < 1.29 is 19.2 Å². The SMILES string of the molecule is CC(=O)NN(OC(C)=O)C(=O)C=Cc1ccccc1. The van der Waals surface area contributed by atoms with Gasteiger partial charge in [0, 0.05) is 19.9 Å². The summed E-state index contributed by atoms with van der Waals surface area (Å²) in [5.74, 6) is -1.91. The number of hydrazine groups is 1. The molecule has 0 fully saturated rings. The molecule has 0 saturated heterocycles. The summed E-state index contributed by atoms with van der Waals surface area (Å²) in [7, 11) is 0. The summed E-state index contributed by atoms with van der Waals surface area (Å²) in [4.78, 5) is 38.0. The van der Waals surface area contributed by atoms with Gasteiger partial charge in [-0.1, -0.05) is 35.5 Å². The summed E-state index contributed by atoms with van der Waals surface area (Å²) in [5, 5.41) is 0.490. The average Bonchev–Trinajstić information content (AvgIpc) is 2.35. The lowest BCUT2D eigenvalue weighted by Crippen LogP contribution is -2.45. The molecule has 6 nitrogen and oxygen atoms in total. The minimum Gasteiger partial charge on any atom is -0.318 e. The van der Waals surface area contributed by atoms with Crippen molar-refractivity contribution in [2.24, 2.45) is 0 Å². The van der Waals surface area contributed by atoms with E-state index in [9.17, 15) is 14.4 Å². The van der Waals surface area contributed by atoms with E-state index in [1.54, 1.807) is 18.2 Å². The molecule has 1 rings (SSSR count). The van der Waals surface area contributed by atoms with Crippen LogP contribution < -0.4 is 5.43 Å². The summed E-state index contributed by atoms with van der Waals surface area (Å²) in [6.07, 6.45) is 2.73. The molecule has 1 aromatic rings. The number of hydroxylamine groups is 1. The molecule has 1 N–H and O–H groups in total. The number of hydrogen-bond donors (Lipinski definition) is 1. The molecule has 100 valence electrons. The Morgan fingerprint density at radius 1 is 1.16 bits per heavy atom. The zero-order chi connectivity index (χ0) is 14.3. The van der Waals surface area contributed by atoms with Gasteiger partial charge >= 0.3 is 11.9 Å². The zero-order valence-corrected chi connectivity index (χ0v) is 10.6. The first-order valence-corrected chi connectivity index (χ1v) is 5.52. The first kappa shape index (κ1) is 14.4. The Labute approximate surface area is 110 Å². The van der Waals surface area contributed by atoms with Crippen LogP contribution in [0.3, 0.4) is 0 Å². The van der Waals surface area contributed by atoms with Gasteiger partial charge < -0.3 is 4.84 Å². The van der Waals surface area contributed by atoms with Gasteiger partial charge in [0.2, 0.25) is 5.91 Å². The van der Waals surface area contributed by atoms with E-state index < -0.39 is 17.8 Å². The maximum atomic E-state index is 11.7. The molecule has 0 saturated carbocycles. The van der Waals surface area contributed by atoms with Crippen molar-refractivity contribution in [2.45, 2.75) is 13.8 Å². The fraction of sp³-hybridized carbons (Fsp3) is 0.154. The van der Waals surface area contributed by atoms with Crippen LogP contribution in [0.25, 0.3) is 6.08 Å². The van der Waals surface area contributed by atoms with E-state index in [0.717, 1.165) is 12.5 Å². The molecule has 6 heteroatoms. The highest BCUT2D eigenvalue weighted by atomic mass is 16.7. The number of nitrogens with one attached hydrogen (secondary N) is 1. The Balaban J connectivity index is 2.73. The minimum atomic E-state index is -0.713. The van der Waals surface area contributed by atoms with Crippen LogP contribution in [0, 0.1) is 0 Å². The van der Waals surface area contributed by atoms with Crippen LogP contribution in [-0.4, -0.2) is 23.0 Å². The summed E-state index contributed by atoms with van der Waals surface area (Å²) in [6, 6.07) is 9.10. The molecule has 0 atom stereocenters. The third-order valence-electron chi connectivity index (χ3n) is 1.90. The third kappa shape index (κ3) is 5.49. The van der Waals surface area contributed by atoms with E-state index in [2.05, 4.69) is 10.3 Å². The van der Waals surface area contributed by atoms with Crippen molar-refractivity contribution in [1.82, 2.24) is 10.6 Å². The van der Waals surface area contributed by atoms with Crippen molar-refractivity contribution >= 4 is 23.9 Å². The summed E-state index contributed by atoms with van der Waals surface area (Å²) < 4.78 is 0. The number of nitrogens with zero attached hydrogens (tertiary/aromatic N) is 1. The molecule has 0 aliphatic rings. The third-order valence-corrected chi connectivity index (χ3v) is 1.90. The molecule has 1 aromatic carbocycles. The van der Waals surface area contributed by atoms with Gasteiger partial charge in [0.25, 0.3) is 0 Å². The van der Waals surface area contributed by atoms with Crippen LogP contribution in [0.4, 0.5) is 0 Å². The zero-order valence-electron chi connectivity index (χ0n) is 10.6. The Morgan fingerprint density at radius 3 is 2.32 bits per heavy atom. The molecule has 0 spiro atoms. The number of rotatable bonds is 2. The van der Waals surface area contributed by atoms with E-state index in [1.807, 2.05) is 18.2 Å². The van der Waals surface area contributed by atoms with Gasteiger partial charge in [-0.15, -0.1) is 0 Å². The Morgan fingerprint density at radius 2 is 1.79 bits per heavy atom. The van der Waals surface area contributed by atoms with E-state index in [4.69, 9.17) is 0 Å². The molecule has 0 bridgehead atoms. The summed E-state index contributed by atoms with van der Waals surface area (Å²) in [5.41, 5.74) is 2.90. The molecule has 0 aliphatic heterocycles. The Bertz CT molecular complexity index is 481. The number of amides is 2. The fourth-order valence-corrected chi connectivity index (χ4v) is 1.19. The van der Waals surface area contributed by atoms with Crippen LogP contribution in [0.2, 0.25) is 0 Å². The second-order valence-electron chi connectivity index (χ2n) is 3.63. The molecular formula is C13H14N2O4. The maximum Gasteiger partial charge on any atom is 0.332 e. The molecule has 0 unspecified atom stereocenters. The highest BCUT2D eigenvalue weighted by molar-refractivity contribution is 5.92. The van der Waals surface area contributed by atoms with Gasteiger partial charge in [0.15, 0.2) is 0 Å². The molecular weight excluding hydrogens is 248 g/mol. The topological polar surface area (TPSA) is 75.7 Å². The van der Waals surface area contributed by atoms with E-state index in [1.165, 1.54) is 13.0 Å². The lowest BCUT2D eigenvalue weighted by molar-refractivity contribution is -0.206. The Hall–Kier alpha value is -2.63. The predicted octanol–water partition coefficient (Wildman–Crippen LogP) is 1.06. The van der Waals surface area contributed by atoms with Crippen molar-refractivity contribution in [3.8, 4) is 0 Å². The van der Waals surface area contributed by atoms with Crippen molar-refractivity contribution in [3.05, 3.63) is 42.0 Å². The molecule has 0 aliphatic carbocycles. The van der Waals surface area contributed by atoms with Crippen molar-refractivity contribution in [1.29, 1.82) is 0 Å². The first-order valence-electron chi connectivity index (χ1n) is 5.52. The largest absolute Gasteiger partial charge is 0.332 e. The van der Waals surface area contributed by atoms with Crippen LogP contribution in [0.15, 0.2) is 36.4 Å². The second-order valence-corrected chi connectivity index (χ2v) is 3.63. The van der Waals surface area contributed by atoms with Crippen LogP contribution in [0.5, 0.6) is 0 Å². The molecule has 2 amide bonds. The van der Waals surface area contributed by atoms with Gasteiger partial charge in [0.05, 0.1) is 0 Å². The number of carbonyl (C=O) groups excluding carboxylic acids is 3. The standard InChI is InChI=1S/C13H14N2O4/c1-10(16)14-15(19-11(2)17)13(18)9-8-12-6-4-3-5-7-12/h3-9H,1-2H3,(H,14,16). The summed E-state index contributed by atoms with van der Waals surface area (Å²) in [6.45, 7) is 2.33. The number of hydrogen-bond acceptors (Lipinski definition) is 4. The van der Waals surface area contributed by atoms with E-state index in [0.29, 0.717) is 5.17 Å². The number of carbonyl (C=O) groups is 3. The van der Waals surface area contributed by atoms with Crippen LogP contribution in [-0.2, 0) is 19.2 Å².